The van der Waals surface area contributed by atoms with Gasteiger partial charge in [-0.05, 0) is 68.3 Å². The summed E-state index contributed by atoms with van der Waals surface area (Å²) in [6.07, 6.45) is 11.4. The first-order chi connectivity index (χ1) is 14.1. The van der Waals surface area contributed by atoms with Crippen molar-refractivity contribution in [1.29, 1.82) is 0 Å². The van der Waals surface area contributed by atoms with Crippen molar-refractivity contribution in [3.63, 3.8) is 0 Å². The summed E-state index contributed by atoms with van der Waals surface area (Å²) < 4.78 is 22.6. The summed E-state index contributed by atoms with van der Waals surface area (Å²) in [6, 6.07) is 3.60. The van der Waals surface area contributed by atoms with E-state index >= 15 is 0 Å². The van der Waals surface area contributed by atoms with Crippen molar-refractivity contribution < 1.29 is 24.0 Å². The van der Waals surface area contributed by atoms with Gasteiger partial charge in [0.1, 0.15) is 0 Å². The van der Waals surface area contributed by atoms with Gasteiger partial charge in [0, 0.05) is 31.6 Å². The van der Waals surface area contributed by atoms with Gasteiger partial charge < -0.3 is 19.8 Å². The summed E-state index contributed by atoms with van der Waals surface area (Å²) in [5, 5.41) is 0. The molecule has 4 rings (SSSR count). The van der Waals surface area contributed by atoms with Crippen molar-refractivity contribution in [2.75, 3.05) is 32.6 Å². The summed E-state index contributed by atoms with van der Waals surface area (Å²) in [5.41, 5.74) is 0. The van der Waals surface area contributed by atoms with Crippen LogP contribution in [0.3, 0.4) is 0 Å². The fraction of sp³-hybridized carbons (Fsp3) is 0.727. The number of hydrogen-bond donors (Lipinski definition) is 0. The summed E-state index contributed by atoms with van der Waals surface area (Å²) in [4.78, 5) is 19.0. The van der Waals surface area contributed by atoms with Gasteiger partial charge in [0.15, 0.2) is 0 Å². The van der Waals surface area contributed by atoms with Crippen LogP contribution in [0.4, 0.5) is 4.79 Å². The van der Waals surface area contributed by atoms with Crippen molar-refractivity contribution in [2.45, 2.75) is 49.8 Å². The van der Waals surface area contributed by atoms with E-state index in [1.807, 2.05) is 11.0 Å². The number of likely N-dealkylation sites (tertiary alicyclic amines) is 1. The standard InChI is InChI=1S/C22H32N2O4S.H2O/c1-29(26)19-5-6-21(23-14-19)27-12-9-18-13-20(18)17-7-10-24(11-8-17)22(25)28-15-16-3-2-4-16;/h5-6,14,16-18,20H,2-4,7-13,15H2,1H3;1H2/t18-,20-,29?;/m1./s1. The fourth-order valence-electron chi connectivity index (χ4n) is 4.57. The Morgan fingerprint density at radius 1 is 1.23 bits per heavy atom. The Labute approximate surface area is 181 Å². The number of carbonyl (C=O) groups is 1. The van der Waals surface area contributed by atoms with Crippen LogP contribution in [0, 0.1) is 23.7 Å². The highest BCUT2D eigenvalue weighted by molar-refractivity contribution is 7.84. The molecule has 2 N–H and O–H groups in total. The maximum absolute atomic E-state index is 12.2. The Morgan fingerprint density at radius 2 is 2.00 bits per heavy atom. The lowest BCUT2D eigenvalue weighted by atomic mass is 9.86. The van der Waals surface area contributed by atoms with Crippen LogP contribution in [0.2, 0.25) is 0 Å². The molecule has 0 bridgehead atoms. The first-order valence-electron chi connectivity index (χ1n) is 10.9. The summed E-state index contributed by atoms with van der Waals surface area (Å²) in [7, 11) is -1.01. The largest absolute Gasteiger partial charge is 0.478 e. The average Bonchev–Trinajstić information content (AvgIpc) is 3.47. The maximum Gasteiger partial charge on any atom is 0.409 e. The molecule has 3 aliphatic rings. The second-order valence-corrected chi connectivity index (χ2v) is 10.2. The molecule has 1 unspecified atom stereocenters. The van der Waals surface area contributed by atoms with E-state index in [-0.39, 0.29) is 11.6 Å². The predicted octanol–water partition coefficient (Wildman–Crippen LogP) is 3.05. The molecule has 1 aromatic rings. The van der Waals surface area contributed by atoms with E-state index in [2.05, 4.69) is 4.98 Å². The second kappa shape index (κ2) is 10.6. The van der Waals surface area contributed by atoms with E-state index in [0.29, 0.717) is 25.0 Å². The van der Waals surface area contributed by atoms with Gasteiger partial charge in [-0.15, -0.1) is 0 Å². The van der Waals surface area contributed by atoms with E-state index in [9.17, 15) is 9.00 Å². The molecule has 0 spiro atoms. The number of ether oxygens (including phenoxy) is 2. The molecule has 3 fully saturated rings. The molecular weight excluding hydrogens is 404 g/mol. The quantitative estimate of drug-likeness (QED) is 0.621. The predicted molar refractivity (Wildman–Crippen MR) is 115 cm³/mol. The lowest BCUT2D eigenvalue weighted by molar-refractivity contribution is 0.0602. The van der Waals surface area contributed by atoms with Gasteiger partial charge in [-0.1, -0.05) is 6.42 Å². The van der Waals surface area contributed by atoms with Crippen molar-refractivity contribution in [1.82, 2.24) is 9.88 Å². The molecule has 3 atom stereocenters. The molecule has 168 valence electrons. The highest BCUT2D eigenvalue weighted by Crippen LogP contribution is 2.49. The molecule has 1 aliphatic heterocycles. The number of pyridine rings is 1. The number of rotatable bonds is 8. The first-order valence-corrected chi connectivity index (χ1v) is 12.5. The van der Waals surface area contributed by atoms with Crippen molar-refractivity contribution in [3.8, 4) is 5.88 Å². The minimum Gasteiger partial charge on any atom is -0.478 e. The lowest BCUT2D eigenvalue weighted by Crippen LogP contribution is -2.40. The highest BCUT2D eigenvalue weighted by Gasteiger charge is 2.43. The third-order valence-corrected chi connectivity index (χ3v) is 7.73. The number of piperidine rings is 1. The summed E-state index contributed by atoms with van der Waals surface area (Å²) in [6.45, 7) is 2.96. The van der Waals surface area contributed by atoms with Gasteiger partial charge >= 0.3 is 6.09 Å². The Balaban J connectivity index is 0.00000256. The van der Waals surface area contributed by atoms with E-state index < -0.39 is 10.8 Å². The Kier molecular flexibility index (Phi) is 8.11. The number of hydrogen-bond acceptors (Lipinski definition) is 5. The van der Waals surface area contributed by atoms with Crippen molar-refractivity contribution in [3.05, 3.63) is 18.3 Å². The molecular formula is C22H34N2O5S. The number of amides is 1. The average molecular weight is 439 g/mol. The molecule has 0 aromatic carbocycles. The van der Waals surface area contributed by atoms with Crippen LogP contribution < -0.4 is 4.74 Å². The summed E-state index contributed by atoms with van der Waals surface area (Å²) >= 11 is 0. The highest BCUT2D eigenvalue weighted by atomic mass is 32.2. The third-order valence-electron chi connectivity index (χ3n) is 6.83. The Morgan fingerprint density at radius 3 is 2.60 bits per heavy atom. The van der Waals surface area contributed by atoms with Gasteiger partial charge in [-0.3, -0.25) is 4.21 Å². The molecule has 8 heteroatoms. The second-order valence-electron chi connectivity index (χ2n) is 8.78. The van der Waals surface area contributed by atoms with E-state index in [1.165, 1.54) is 25.7 Å². The van der Waals surface area contributed by atoms with Crippen molar-refractivity contribution in [2.24, 2.45) is 23.7 Å². The third kappa shape index (κ3) is 5.94. The van der Waals surface area contributed by atoms with E-state index in [0.717, 1.165) is 55.0 Å². The normalized spacial score (nSPS) is 25.0. The molecule has 1 aromatic heterocycles. The van der Waals surface area contributed by atoms with Gasteiger partial charge in [-0.25, -0.2) is 9.78 Å². The smallest absolute Gasteiger partial charge is 0.409 e. The summed E-state index contributed by atoms with van der Waals surface area (Å²) in [5.74, 6) is 3.46. The molecule has 0 radical (unpaired) electrons. The van der Waals surface area contributed by atoms with Gasteiger partial charge in [-0.2, -0.15) is 0 Å². The SMILES string of the molecule is CS(=O)c1ccc(OCC[C@@H]2C[C@@H]2C2CCN(C(=O)OCC3CCC3)CC2)nc1.O. The molecule has 7 nitrogen and oxygen atoms in total. The Bertz CT molecular complexity index is 717. The zero-order valence-electron chi connectivity index (χ0n) is 17.8. The van der Waals surface area contributed by atoms with Gasteiger partial charge in [0.05, 0.1) is 28.9 Å². The molecule has 2 heterocycles. The number of carbonyl (C=O) groups excluding carboxylic acids is 1. The first kappa shape index (κ1) is 23.0. The monoisotopic (exact) mass is 438 g/mol. The van der Waals surface area contributed by atoms with Crippen molar-refractivity contribution >= 4 is 16.9 Å². The van der Waals surface area contributed by atoms with E-state index in [1.54, 1.807) is 18.5 Å². The number of aromatic nitrogens is 1. The van der Waals surface area contributed by atoms with Gasteiger partial charge in [0.2, 0.25) is 5.88 Å². The topological polar surface area (TPSA) is 100 Å². The van der Waals surface area contributed by atoms with Gasteiger partial charge in [0.25, 0.3) is 0 Å². The van der Waals surface area contributed by atoms with Crippen LogP contribution >= 0.6 is 0 Å². The lowest BCUT2D eigenvalue weighted by Gasteiger charge is -2.33. The zero-order valence-corrected chi connectivity index (χ0v) is 18.6. The molecule has 30 heavy (non-hydrogen) atoms. The maximum atomic E-state index is 12.2. The molecule has 2 aliphatic carbocycles. The van der Waals surface area contributed by atoms with Crippen LogP contribution in [-0.2, 0) is 15.5 Å². The Hall–Kier alpha value is -1.67. The van der Waals surface area contributed by atoms with Crippen LogP contribution in [0.1, 0.15) is 44.9 Å². The zero-order chi connectivity index (χ0) is 20.2. The van der Waals surface area contributed by atoms with Crippen LogP contribution in [-0.4, -0.2) is 58.2 Å². The minimum atomic E-state index is -1.01. The van der Waals surface area contributed by atoms with Crippen LogP contribution in [0.15, 0.2) is 23.2 Å². The molecule has 1 amide bonds. The minimum absolute atomic E-state index is 0. The fourth-order valence-corrected chi connectivity index (χ4v) is 5.03. The number of nitrogens with zero attached hydrogens (tertiary/aromatic N) is 2. The van der Waals surface area contributed by atoms with E-state index in [4.69, 9.17) is 9.47 Å². The molecule has 1 saturated heterocycles. The van der Waals surface area contributed by atoms with Crippen LogP contribution in [0.25, 0.3) is 0 Å². The molecule has 2 saturated carbocycles. The van der Waals surface area contributed by atoms with Crippen LogP contribution in [0.5, 0.6) is 5.88 Å².